The zero-order valence-corrected chi connectivity index (χ0v) is 23.1. The van der Waals surface area contributed by atoms with Crippen molar-refractivity contribution in [3.63, 3.8) is 0 Å². The number of aryl methyl sites for hydroxylation is 1. The van der Waals surface area contributed by atoms with E-state index < -0.39 is 0 Å². The van der Waals surface area contributed by atoms with Gasteiger partial charge in [-0.2, -0.15) is 0 Å². The molecule has 4 atom stereocenters. The number of carbonyl (C=O) groups is 1. The van der Waals surface area contributed by atoms with Gasteiger partial charge in [0.05, 0.1) is 0 Å². The Kier molecular flexibility index (Phi) is 12.6. The van der Waals surface area contributed by atoms with Gasteiger partial charge in [-0.25, -0.2) is 0 Å². The largest absolute Gasteiger partial charge is 0.489 e. The molecule has 0 aliphatic heterocycles. The predicted molar refractivity (Wildman–Crippen MR) is 157 cm³/mol. The average Bonchev–Trinajstić information content (AvgIpc) is 2.89. The average molecular weight is 498 g/mol. The van der Waals surface area contributed by atoms with Crippen LogP contribution in [0.15, 0.2) is 104 Å². The minimum absolute atomic E-state index is 0.0165. The van der Waals surface area contributed by atoms with Crippen molar-refractivity contribution in [3.05, 3.63) is 126 Å². The highest BCUT2D eigenvalue weighted by atomic mass is 16.5. The molecular formula is C34H43NO2. The van der Waals surface area contributed by atoms with E-state index in [-0.39, 0.29) is 11.8 Å². The van der Waals surface area contributed by atoms with E-state index in [0.717, 1.165) is 29.7 Å². The third kappa shape index (κ3) is 9.86. The van der Waals surface area contributed by atoms with Crippen LogP contribution < -0.4 is 4.74 Å². The molecule has 196 valence electrons. The first-order chi connectivity index (χ1) is 17.8. The second-order valence-corrected chi connectivity index (χ2v) is 10.0. The van der Waals surface area contributed by atoms with E-state index in [9.17, 15) is 4.79 Å². The Morgan fingerprint density at radius 2 is 1.46 bits per heavy atom. The molecule has 0 aromatic heterocycles. The summed E-state index contributed by atoms with van der Waals surface area (Å²) in [6.45, 7) is 15.8. The van der Waals surface area contributed by atoms with Gasteiger partial charge in [0.1, 0.15) is 18.6 Å². The van der Waals surface area contributed by atoms with Crippen molar-refractivity contribution in [2.45, 2.75) is 39.2 Å². The van der Waals surface area contributed by atoms with E-state index in [4.69, 9.17) is 4.74 Å². The minimum atomic E-state index is -0.0909. The molecule has 0 heterocycles. The van der Waals surface area contributed by atoms with Crippen molar-refractivity contribution in [2.24, 2.45) is 11.8 Å². The van der Waals surface area contributed by atoms with Crippen LogP contribution in [0.25, 0.3) is 0 Å². The van der Waals surface area contributed by atoms with E-state index in [0.29, 0.717) is 18.4 Å². The number of nitrogens with zero attached hydrogens (tertiary/aromatic N) is 1. The molecule has 37 heavy (non-hydrogen) atoms. The Morgan fingerprint density at radius 3 is 2.03 bits per heavy atom. The minimum Gasteiger partial charge on any atom is -0.489 e. The molecule has 3 nitrogen and oxygen atoms in total. The fourth-order valence-electron chi connectivity index (χ4n) is 4.56. The van der Waals surface area contributed by atoms with E-state index in [2.05, 4.69) is 76.3 Å². The number of allylic oxidation sites excluding steroid dienone is 2. The predicted octanol–water partition coefficient (Wildman–Crippen LogP) is 7.83. The summed E-state index contributed by atoms with van der Waals surface area (Å²) in [5.74, 6) is 1.77. The third-order valence-electron chi connectivity index (χ3n) is 6.47. The molecule has 0 saturated heterocycles. The van der Waals surface area contributed by atoms with Gasteiger partial charge in [0.2, 0.25) is 0 Å². The van der Waals surface area contributed by atoms with Crippen molar-refractivity contribution in [3.8, 4) is 5.75 Å². The summed E-state index contributed by atoms with van der Waals surface area (Å²) in [5.41, 5.74) is 4.88. The summed E-state index contributed by atoms with van der Waals surface area (Å²) in [6.07, 6.45) is 4.85. The van der Waals surface area contributed by atoms with Crippen LogP contribution in [-0.4, -0.2) is 31.8 Å². The molecular weight excluding hydrogens is 454 g/mol. The Hall–Kier alpha value is -3.43. The van der Waals surface area contributed by atoms with Crippen molar-refractivity contribution in [2.75, 3.05) is 20.6 Å². The van der Waals surface area contributed by atoms with Gasteiger partial charge in [0, 0.05) is 24.3 Å². The lowest BCUT2D eigenvalue weighted by Crippen LogP contribution is -2.23. The Labute approximate surface area is 224 Å². The number of benzene rings is 3. The molecule has 0 fully saturated rings. The maximum absolute atomic E-state index is 11.0. The first kappa shape index (κ1) is 29.8. The zero-order valence-electron chi connectivity index (χ0n) is 23.1. The Bertz CT molecular complexity index is 1110. The van der Waals surface area contributed by atoms with E-state index in [1.54, 1.807) is 0 Å². The summed E-state index contributed by atoms with van der Waals surface area (Å²) >= 11 is 0. The summed E-state index contributed by atoms with van der Waals surface area (Å²) in [7, 11) is 4.24. The number of hydrogen-bond donors (Lipinski definition) is 0. The van der Waals surface area contributed by atoms with Crippen LogP contribution in [0.4, 0.5) is 0 Å². The van der Waals surface area contributed by atoms with Crippen molar-refractivity contribution in [1.82, 2.24) is 4.90 Å². The highest BCUT2D eigenvalue weighted by Gasteiger charge is 2.17. The van der Waals surface area contributed by atoms with Gasteiger partial charge in [-0.05, 0) is 55.8 Å². The second kappa shape index (κ2) is 15.6. The molecule has 3 aromatic rings. The first-order valence-electron chi connectivity index (χ1n) is 13.0. The van der Waals surface area contributed by atoms with Crippen LogP contribution in [0.1, 0.15) is 47.9 Å². The number of aldehydes is 1. The van der Waals surface area contributed by atoms with Gasteiger partial charge in [-0.1, -0.05) is 98.3 Å². The molecule has 0 saturated carbocycles. The van der Waals surface area contributed by atoms with Crippen LogP contribution in [0, 0.1) is 18.8 Å². The quantitative estimate of drug-likeness (QED) is 0.189. The maximum atomic E-state index is 11.0. The highest BCUT2D eigenvalue weighted by Crippen LogP contribution is 2.28. The highest BCUT2D eigenvalue weighted by molar-refractivity contribution is 5.56. The number of carbonyl (C=O) groups excluding carboxylic acids is 1. The van der Waals surface area contributed by atoms with Gasteiger partial charge in [0.15, 0.2) is 0 Å². The van der Waals surface area contributed by atoms with Crippen molar-refractivity contribution < 1.29 is 9.53 Å². The molecule has 3 aromatic carbocycles. The first-order valence-corrected chi connectivity index (χ1v) is 13.0. The third-order valence-corrected chi connectivity index (χ3v) is 6.47. The molecule has 2 unspecified atom stereocenters. The lowest BCUT2D eigenvalue weighted by atomic mass is 9.86. The maximum Gasteiger partial charge on any atom is 0.123 e. The summed E-state index contributed by atoms with van der Waals surface area (Å²) in [6, 6.07) is 26.6. The standard InChI is InChI=1S/C19H20O2.C15H23N/c1-3-19(15(2)13-20)17-10-7-11-18(12-17)21-14-16-8-5-4-6-9-16;1-6-15(13(3)11-16(4)5)14-9-7-8-12(2)10-14/h3-13,15,19H,1,14H2,2H3;6-10,13,15H,1,11H2,2-5H3/t15-,19?;13-,15?/m00/s1. The molecule has 0 spiro atoms. The van der Waals surface area contributed by atoms with Gasteiger partial charge < -0.3 is 14.4 Å². The zero-order chi connectivity index (χ0) is 27.2. The molecule has 0 N–H and O–H groups in total. The van der Waals surface area contributed by atoms with Crippen molar-refractivity contribution >= 4 is 6.29 Å². The summed E-state index contributed by atoms with van der Waals surface area (Å²) < 4.78 is 5.82. The monoisotopic (exact) mass is 497 g/mol. The van der Waals surface area contributed by atoms with Gasteiger partial charge in [-0.3, -0.25) is 0 Å². The molecule has 0 amide bonds. The Balaban J connectivity index is 0.000000271. The number of ether oxygens (including phenoxy) is 1. The van der Waals surface area contributed by atoms with Crippen LogP contribution in [-0.2, 0) is 11.4 Å². The Morgan fingerprint density at radius 1 is 0.838 bits per heavy atom. The smallest absolute Gasteiger partial charge is 0.123 e. The normalized spacial score (nSPS) is 13.9. The molecule has 0 aliphatic carbocycles. The van der Waals surface area contributed by atoms with Crippen LogP contribution in [0.2, 0.25) is 0 Å². The number of rotatable bonds is 12. The van der Waals surface area contributed by atoms with Gasteiger partial charge in [0.25, 0.3) is 0 Å². The van der Waals surface area contributed by atoms with Crippen molar-refractivity contribution in [1.29, 1.82) is 0 Å². The fraction of sp³-hybridized carbons (Fsp3) is 0.324. The molecule has 0 bridgehead atoms. The lowest BCUT2D eigenvalue weighted by Gasteiger charge is -2.24. The second-order valence-electron chi connectivity index (χ2n) is 10.0. The van der Waals surface area contributed by atoms with E-state index >= 15 is 0 Å². The molecule has 0 radical (unpaired) electrons. The summed E-state index contributed by atoms with van der Waals surface area (Å²) in [5, 5.41) is 0. The topological polar surface area (TPSA) is 29.5 Å². The molecule has 0 aliphatic rings. The van der Waals surface area contributed by atoms with Crippen LogP contribution in [0.3, 0.4) is 0 Å². The summed E-state index contributed by atoms with van der Waals surface area (Å²) in [4.78, 5) is 13.2. The number of hydrogen-bond acceptors (Lipinski definition) is 3. The van der Waals surface area contributed by atoms with Crippen LogP contribution in [0.5, 0.6) is 5.75 Å². The van der Waals surface area contributed by atoms with Crippen LogP contribution >= 0.6 is 0 Å². The fourth-order valence-corrected chi connectivity index (χ4v) is 4.56. The SMILES string of the molecule is C=CC(c1cccc(C)c1)[C@@H](C)CN(C)C.C=CC(c1cccc(OCc2ccccc2)c1)[C@@H](C)C=O. The van der Waals surface area contributed by atoms with Gasteiger partial charge >= 0.3 is 0 Å². The van der Waals surface area contributed by atoms with E-state index in [1.165, 1.54) is 11.1 Å². The molecule has 3 heteroatoms. The van der Waals surface area contributed by atoms with E-state index in [1.807, 2.05) is 67.6 Å². The molecule has 3 rings (SSSR count). The lowest BCUT2D eigenvalue weighted by molar-refractivity contribution is -0.110. The van der Waals surface area contributed by atoms with Gasteiger partial charge in [-0.15, -0.1) is 13.2 Å².